The highest BCUT2D eigenvalue weighted by atomic mass is 32.2. The summed E-state index contributed by atoms with van der Waals surface area (Å²) < 4.78 is 26.6. The molecule has 2 N–H and O–H groups in total. The Morgan fingerprint density at radius 2 is 1.76 bits per heavy atom. The van der Waals surface area contributed by atoms with Crippen LogP contribution < -0.4 is 5.73 Å². The minimum absolute atomic E-state index is 0.0163. The van der Waals surface area contributed by atoms with E-state index in [1.165, 1.54) is 29.5 Å². The van der Waals surface area contributed by atoms with Crippen LogP contribution in [0.25, 0.3) is 0 Å². The van der Waals surface area contributed by atoms with Gasteiger partial charge in [-0.15, -0.1) is 11.8 Å². The van der Waals surface area contributed by atoms with Crippen molar-refractivity contribution in [3.8, 4) is 0 Å². The number of benzene rings is 2. The van der Waals surface area contributed by atoms with Crippen LogP contribution in [0.4, 0.5) is 8.78 Å². The van der Waals surface area contributed by atoms with Crippen LogP contribution in [0.15, 0.2) is 47.4 Å². The molecule has 1 nitrogen and oxygen atoms in total. The maximum absolute atomic E-state index is 13.7. The molecular weight excluding hydrogens is 288 g/mol. The van der Waals surface area contributed by atoms with Crippen molar-refractivity contribution in [3.63, 3.8) is 0 Å². The fourth-order valence-corrected chi connectivity index (χ4v) is 3.11. The van der Waals surface area contributed by atoms with E-state index in [4.69, 9.17) is 5.73 Å². The smallest absolute Gasteiger partial charge is 0.139 e. The van der Waals surface area contributed by atoms with Crippen LogP contribution in [-0.4, -0.2) is 5.25 Å². The first kappa shape index (κ1) is 16.0. The van der Waals surface area contributed by atoms with Gasteiger partial charge in [0.25, 0.3) is 0 Å². The quantitative estimate of drug-likeness (QED) is 0.810. The summed E-state index contributed by atoms with van der Waals surface area (Å²) >= 11 is 1.33. The average molecular weight is 307 g/mol. The summed E-state index contributed by atoms with van der Waals surface area (Å²) in [5.74, 6) is -1.11. The molecule has 0 aromatic heterocycles. The molecule has 0 fully saturated rings. The molecular formula is C17H19F2NS. The molecule has 0 spiro atoms. The van der Waals surface area contributed by atoms with Gasteiger partial charge in [0.15, 0.2) is 0 Å². The predicted molar refractivity (Wildman–Crippen MR) is 84.4 cm³/mol. The highest BCUT2D eigenvalue weighted by Gasteiger charge is 2.18. The molecule has 0 bridgehead atoms. The maximum atomic E-state index is 13.7. The summed E-state index contributed by atoms with van der Waals surface area (Å²) in [4.78, 5) is 0.421. The van der Waals surface area contributed by atoms with E-state index in [9.17, 15) is 8.78 Å². The van der Waals surface area contributed by atoms with Crippen LogP contribution in [-0.2, 0) is 6.42 Å². The van der Waals surface area contributed by atoms with Gasteiger partial charge in [0.05, 0.1) is 0 Å². The van der Waals surface area contributed by atoms with Crippen LogP contribution in [0.1, 0.15) is 31.0 Å². The number of nitrogens with two attached hydrogens (primary N) is 1. The molecule has 21 heavy (non-hydrogen) atoms. The molecule has 0 radical (unpaired) electrons. The average Bonchev–Trinajstić information content (AvgIpc) is 2.49. The van der Waals surface area contributed by atoms with Gasteiger partial charge in [-0.05, 0) is 29.7 Å². The number of hydrogen-bond acceptors (Lipinski definition) is 2. The first-order valence-corrected chi connectivity index (χ1v) is 7.85. The van der Waals surface area contributed by atoms with Crippen LogP contribution >= 0.6 is 11.8 Å². The summed E-state index contributed by atoms with van der Waals surface area (Å²) in [6.45, 7) is 4.05. The lowest BCUT2D eigenvalue weighted by molar-refractivity contribution is 0.565. The molecule has 0 heterocycles. The van der Waals surface area contributed by atoms with Gasteiger partial charge in [-0.25, -0.2) is 8.78 Å². The lowest BCUT2D eigenvalue weighted by Crippen LogP contribution is -2.21. The van der Waals surface area contributed by atoms with Crippen LogP contribution in [0, 0.1) is 11.6 Å². The lowest BCUT2D eigenvalue weighted by Gasteiger charge is -2.20. The van der Waals surface area contributed by atoms with Gasteiger partial charge >= 0.3 is 0 Å². The Morgan fingerprint density at radius 3 is 2.33 bits per heavy atom. The summed E-state index contributed by atoms with van der Waals surface area (Å²) in [6.07, 6.45) is 0.987. The Labute approximate surface area is 128 Å². The third-order valence-electron chi connectivity index (χ3n) is 3.49. The van der Waals surface area contributed by atoms with E-state index in [-0.39, 0.29) is 11.3 Å². The molecule has 2 atom stereocenters. The Morgan fingerprint density at radius 1 is 1.10 bits per heavy atom. The summed E-state index contributed by atoms with van der Waals surface area (Å²) in [7, 11) is 0. The summed E-state index contributed by atoms with van der Waals surface area (Å²) in [6, 6.07) is 11.6. The van der Waals surface area contributed by atoms with Gasteiger partial charge in [-0.2, -0.15) is 0 Å². The molecule has 4 heteroatoms. The second-order valence-corrected chi connectivity index (χ2v) is 6.44. The van der Waals surface area contributed by atoms with Crippen molar-refractivity contribution in [2.24, 2.45) is 5.73 Å². The van der Waals surface area contributed by atoms with Crippen molar-refractivity contribution in [1.29, 1.82) is 0 Å². The Bertz CT molecular complexity index is 598. The monoisotopic (exact) mass is 307 g/mol. The van der Waals surface area contributed by atoms with Crippen molar-refractivity contribution in [1.82, 2.24) is 0 Å². The number of halogens is 2. The van der Waals surface area contributed by atoms with E-state index in [2.05, 4.69) is 19.1 Å². The summed E-state index contributed by atoms with van der Waals surface area (Å²) in [5.41, 5.74) is 8.52. The molecule has 2 aromatic carbocycles. The number of thioether (sulfide) groups is 1. The Hall–Kier alpha value is -1.39. The topological polar surface area (TPSA) is 26.0 Å². The molecule has 0 saturated carbocycles. The van der Waals surface area contributed by atoms with Gasteiger partial charge in [0, 0.05) is 22.3 Å². The SMILES string of the molecule is CCc1ccc(C(N)C(C)Sc2ccc(F)cc2F)cc1. The predicted octanol–water partition coefficient (Wildman–Crippen LogP) is 4.71. The normalized spacial score (nSPS) is 14.0. The van der Waals surface area contributed by atoms with Crippen molar-refractivity contribution >= 4 is 11.8 Å². The minimum atomic E-state index is -0.566. The minimum Gasteiger partial charge on any atom is -0.323 e. The van der Waals surface area contributed by atoms with Crippen LogP contribution in [0.2, 0.25) is 0 Å². The second-order valence-electron chi connectivity index (χ2n) is 5.02. The number of aryl methyl sites for hydroxylation is 1. The number of rotatable bonds is 5. The van der Waals surface area contributed by atoms with Gasteiger partial charge in [0.2, 0.25) is 0 Å². The lowest BCUT2D eigenvalue weighted by atomic mass is 10.0. The van der Waals surface area contributed by atoms with Crippen LogP contribution in [0.5, 0.6) is 0 Å². The highest BCUT2D eigenvalue weighted by molar-refractivity contribution is 8.00. The molecule has 2 rings (SSSR count). The molecule has 2 aromatic rings. The molecule has 0 aliphatic heterocycles. The number of hydrogen-bond donors (Lipinski definition) is 1. The van der Waals surface area contributed by atoms with Crippen LogP contribution in [0.3, 0.4) is 0 Å². The highest BCUT2D eigenvalue weighted by Crippen LogP contribution is 2.32. The van der Waals surface area contributed by atoms with Crippen molar-refractivity contribution in [3.05, 3.63) is 65.2 Å². The Kier molecular flexibility index (Phi) is 5.37. The van der Waals surface area contributed by atoms with E-state index in [0.717, 1.165) is 18.1 Å². The van der Waals surface area contributed by atoms with Gasteiger partial charge in [0.1, 0.15) is 11.6 Å². The molecule has 2 unspecified atom stereocenters. The van der Waals surface area contributed by atoms with Crippen molar-refractivity contribution in [2.45, 2.75) is 36.5 Å². The van der Waals surface area contributed by atoms with E-state index >= 15 is 0 Å². The molecule has 0 amide bonds. The van der Waals surface area contributed by atoms with Crippen molar-refractivity contribution in [2.75, 3.05) is 0 Å². The Balaban J connectivity index is 2.09. The zero-order valence-corrected chi connectivity index (χ0v) is 13.0. The fourth-order valence-electron chi connectivity index (χ4n) is 2.09. The fraction of sp³-hybridized carbons (Fsp3) is 0.294. The largest absolute Gasteiger partial charge is 0.323 e. The van der Waals surface area contributed by atoms with E-state index in [1.807, 2.05) is 19.1 Å². The standard InChI is InChI=1S/C17H19F2NS/c1-3-12-4-6-13(7-5-12)17(20)11(2)21-16-9-8-14(18)10-15(16)19/h4-11,17H,3,20H2,1-2H3. The third-order valence-corrected chi connectivity index (χ3v) is 4.74. The zero-order chi connectivity index (χ0) is 15.4. The second kappa shape index (κ2) is 7.05. The van der Waals surface area contributed by atoms with E-state index in [0.29, 0.717) is 4.90 Å². The molecule has 0 aliphatic rings. The first-order chi connectivity index (χ1) is 10.0. The van der Waals surface area contributed by atoms with E-state index in [1.54, 1.807) is 0 Å². The van der Waals surface area contributed by atoms with Crippen molar-refractivity contribution < 1.29 is 8.78 Å². The molecule has 112 valence electrons. The van der Waals surface area contributed by atoms with Gasteiger partial charge in [-0.3, -0.25) is 0 Å². The molecule has 0 saturated heterocycles. The zero-order valence-electron chi connectivity index (χ0n) is 12.1. The first-order valence-electron chi connectivity index (χ1n) is 6.97. The molecule has 0 aliphatic carbocycles. The third kappa shape index (κ3) is 4.05. The van der Waals surface area contributed by atoms with Gasteiger partial charge < -0.3 is 5.73 Å². The maximum Gasteiger partial charge on any atom is 0.139 e. The van der Waals surface area contributed by atoms with E-state index < -0.39 is 11.6 Å². The summed E-state index contributed by atoms with van der Waals surface area (Å²) in [5, 5.41) is -0.0163. The van der Waals surface area contributed by atoms with Gasteiger partial charge in [-0.1, -0.05) is 38.1 Å².